The topological polar surface area (TPSA) is 32.3 Å². The van der Waals surface area contributed by atoms with Gasteiger partial charge in [0.15, 0.2) is 5.11 Å². The minimum Gasteiger partial charge on any atom is -0.328 e. The number of benzene rings is 1. The van der Waals surface area contributed by atoms with E-state index in [1.165, 1.54) is 4.90 Å². The lowest BCUT2D eigenvalue weighted by Crippen LogP contribution is -2.30. The van der Waals surface area contributed by atoms with E-state index in [4.69, 9.17) is 12.2 Å². The first kappa shape index (κ1) is 11.5. The molecule has 0 bridgehead atoms. The largest absolute Gasteiger partial charge is 0.328 e. The molecule has 2 rings (SSSR count). The summed E-state index contributed by atoms with van der Waals surface area (Å²) in [6.07, 6.45) is 3.44. The summed E-state index contributed by atoms with van der Waals surface area (Å²) in [6, 6.07) is 9.64. The molecule has 0 saturated carbocycles. The lowest BCUT2D eigenvalue weighted by molar-refractivity contribution is -0.122. The molecule has 86 valence electrons. The summed E-state index contributed by atoms with van der Waals surface area (Å²) in [4.78, 5) is 13.5. The van der Waals surface area contributed by atoms with Crippen molar-refractivity contribution in [2.45, 2.75) is 0 Å². The molecule has 1 saturated heterocycles. The van der Waals surface area contributed by atoms with Crippen molar-refractivity contribution < 1.29 is 4.79 Å². The molecule has 4 heteroatoms. The van der Waals surface area contributed by atoms with Crippen molar-refractivity contribution in [1.29, 1.82) is 0 Å². The minimum absolute atomic E-state index is 0.112. The maximum atomic E-state index is 12.0. The number of hydrogen-bond acceptors (Lipinski definition) is 2. The molecule has 1 aromatic carbocycles. The SMILES string of the molecule is C=CCN1C(=O)/C(=C/c2ccccc2)NC1=S. The van der Waals surface area contributed by atoms with Crippen molar-refractivity contribution in [3.63, 3.8) is 0 Å². The second-order valence-corrected chi connectivity index (χ2v) is 3.99. The zero-order valence-electron chi connectivity index (χ0n) is 9.22. The molecule has 1 aromatic rings. The van der Waals surface area contributed by atoms with Crippen LogP contribution >= 0.6 is 12.2 Å². The van der Waals surface area contributed by atoms with Gasteiger partial charge in [0.25, 0.3) is 5.91 Å². The molecule has 3 nitrogen and oxygen atoms in total. The number of hydrogen-bond donors (Lipinski definition) is 1. The zero-order valence-corrected chi connectivity index (χ0v) is 10.0. The van der Waals surface area contributed by atoms with Crippen LogP contribution in [0.1, 0.15) is 5.56 Å². The highest BCUT2D eigenvalue weighted by molar-refractivity contribution is 7.80. The molecule has 17 heavy (non-hydrogen) atoms. The Balaban J connectivity index is 2.25. The van der Waals surface area contributed by atoms with E-state index in [-0.39, 0.29) is 5.91 Å². The second-order valence-electron chi connectivity index (χ2n) is 3.60. The van der Waals surface area contributed by atoms with Crippen LogP contribution in [-0.2, 0) is 4.79 Å². The fraction of sp³-hybridized carbons (Fsp3) is 0.0769. The summed E-state index contributed by atoms with van der Waals surface area (Å²) in [5.41, 5.74) is 1.47. The molecule has 1 N–H and O–H groups in total. The summed E-state index contributed by atoms with van der Waals surface area (Å²) in [5.74, 6) is -0.112. The van der Waals surface area contributed by atoms with Crippen molar-refractivity contribution in [1.82, 2.24) is 10.2 Å². The van der Waals surface area contributed by atoms with Gasteiger partial charge in [0.05, 0.1) is 0 Å². The monoisotopic (exact) mass is 244 g/mol. The number of amides is 1. The van der Waals surface area contributed by atoms with E-state index in [0.29, 0.717) is 17.4 Å². The van der Waals surface area contributed by atoms with E-state index in [1.807, 2.05) is 30.3 Å². The van der Waals surface area contributed by atoms with Crippen molar-refractivity contribution in [2.75, 3.05) is 6.54 Å². The van der Waals surface area contributed by atoms with Crippen LogP contribution in [0.4, 0.5) is 0 Å². The number of nitrogens with zero attached hydrogens (tertiary/aromatic N) is 1. The van der Waals surface area contributed by atoms with Crippen LogP contribution < -0.4 is 5.32 Å². The van der Waals surface area contributed by atoms with Crippen LogP contribution in [-0.4, -0.2) is 22.5 Å². The summed E-state index contributed by atoms with van der Waals surface area (Å²) < 4.78 is 0. The number of nitrogens with one attached hydrogen (secondary N) is 1. The van der Waals surface area contributed by atoms with E-state index in [2.05, 4.69) is 11.9 Å². The average Bonchev–Trinajstić information content (AvgIpc) is 2.59. The molecule has 0 radical (unpaired) electrons. The van der Waals surface area contributed by atoms with Crippen molar-refractivity contribution >= 4 is 29.3 Å². The summed E-state index contributed by atoms with van der Waals surface area (Å²) in [5, 5.41) is 3.34. The van der Waals surface area contributed by atoms with E-state index in [9.17, 15) is 4.79 Å². The predicted octanol–water partition coefficient (Wildman–Crippen LogP) is 1.93. The smallest absolute Gasteiger partial charge is 0.276 e. The molecule has 0 atom stereocenters. The number of thiocarbonyl (C=S) groups is 1. The van der Waals surface area contributed by atoms with E-state index in [0.717, 1.165) is 5.56 Å². The molecule has 1 aliphatic heterocycles. The van der Waals surface area contributed by atoms with Crippen LogP contribution in [0, 0.1) is 0 Å². The first-order chi connectivity index (χ1) is 8.22. The maximum absolute atomic E-state index is 12.0. The van der Waals surface area contributed by atoms with Gasteiger partial charge in [-0.2, -0.15) is 0 Å². The van der Waals surface area contributed by atoms with Gasteiger partial charge >= 0.3 is 0 Å². The normalized spacial score (nSPS) is 17.4. The third-order valence-electron chi connectivity index (χ3n) is 2.38. The fourth-order valence-corrected chi connectivity index (χ4v) is 1.85. The highest BCUT2D eigenvalue weighted by atomic mass is 32.1. The molecule has 0 aliphatic carbocycles. The fourth-order valence-electron chi connectivity index (χ4n) is 1.58. The molecule has 0 unspecified atom stereocenters. The Bertz CT molecular complexity index is 493. The van der Waals surface area contributed by atoms with Crippen molar-refractivity contribution in [2.24, 2.45) is 0 Å². The molecular formula is C13H12N2OS. The Labute approximate surface area is 105 Å². The molecule has 1 amide bonds. The molecule has 1 fully saturated rings. The molecule has 0 aromatic heterocycles. The third-order valence-corrected chi connectivity index (χ3v) is 2.71. The number of rotatable bonds is 3. The zero-order chi connectivity index (χ0) is 12.3. The van der Waals surface area contributed by atoms with Gasteiger partial charge in [0.2, 0.25) is 0 Å². The van der Waals surface area contributed by atoms with Gasteiger partial charge < -0.3 is 5.32 Å². The van der Waals surface area contributed by atoms with Gasteiger partial charge in [-0.15, -0.1) is 6.58 Å². The first-order valence-corrected chi connectivity index (χ1v) is 5.63. The third kappa shape index (κ3) is 2.42. The first-order valence-electron chi connectivity index (χ1n) is 5.23. The maximum Gasteiger partial charge on any atom is 0.276 e. The van der Waals surface area contributed by atoms with Crippen LogP contribution in [0.3, 0.4) is 0 Å². The quantitative estimate of drug-likeness (QED) is 0.501. The van der Waals surface area contributed by atoms with E-state index in [1.54, 1.807) is 12.2 Å². The Kier molecular flexibility index (Phi) is 3.35. The van der Waals surface area contributed by atoms with Crippen LogP contribution in [0.15, 0.2) is 48.7 Å². The van der Waals surface area contributed by atoms with Crippen LogP contribution in [0.5, 0.6) is 0 Å². The molecule has 1 aliphatic rings. The van der Waals surface area contributed by atoms with Gasteiger partial charge in [-0.3, -0.25) is 9.69 Å². The number of carbonyl (C=O) groups is 1. The van der Waals surface area contributed by atoms with Gasteiger partial charge in [0, 0.05) is 6.54 Å². The second kappa shape index (κ2) is 4.93. The van der Waals surface area contributed by atoms with Crippen LogP contribution in [0.2, 0.25) is 0 Å². The average molecular weight is 244 g/mol. The Morgan fingerprint density at radius 3 is 2.71 bits per heavy atom. The van der Waals surface area contributed by atoms with Gasteiger partial charge in [-0.1, -0.05) is 36.4 Å². The van der Waals surface area contributed by atoms with Gasteiger partial charge in [-0.05, 0) is 23.9 Å². The molecular weight excluding hydrogens is 232 g/mol. The lowest BCUT2D eigenvalue weighted by atomic mass is 10.2. The summed E-state index contributed by atoms with van der Waals surface area (Å²) >= 11 is 5.08. The highest BCUT2D eigenvalue weighted by Gasteiger charge is 2.29. The van der Waals surface area contributed by atoms with Crippen molar-refractivity contribution in [3.8, 4) is 0 Å². The van der Waals surface area contributed by atoms with E-state index < -0.39 is 0 Å². The van der Waals surface area contributed by atoms with Gasteiger partial charge in [0.1, 0.15) is 5.70 Å². The number of carbonyl (C=O) groups excluding carboxylic acids is 1. The predicted molar refractivity (Wildman–Crippen MR) is 72.1 cm³/mol. The molecule has 1 heterocycles. The Morgan fingerprint density at radius 1 is 1.35 bits per heavy atom. The van der Waals surface area contributed by atoms with Crippen LogP contribution in [0.25, 0.3) is 6.08 Å². The minimum atomic E-state index is -0.112. The van der Waals surface area contributed by atoms with Gasteiger partial charge in [-0.25, -0.2) is 0 Å². The molecule has 0 spiro atoms. The standard InChI is InChI=1S/C13H12N2OS/c1-2-8-15-12(16)11(14-13(15)17)9-10-6-4-3-5-7-10/h2-7,9H,1,8H2,(H,14,17)/b11-9-. The van der Waals surface area contributed by atoms with Crippen molar-refractivity contribution in [3.05, 3.63) is 54.2 Å². The lowest BCUT2D eigenvalue weighted by Gasteiger charge is -2.09. The Morgan fingerprint density at radius 2 is 2.06 bits per heavy atom. The summed E-state index contributed by atoms with van der Waals surface area (Å²) in [6.45, 7) is 4.03. The Hall–Kier alpha value is -1.94. The summed E-state index contributed by atoms with van der Waals surface area (Å²) in [7, 11) is 0. The highest BCUT2D eigenvalue weighted by Crippen LogP contribution is 2.13. The van der Waals surface area contributed by atoms with E-state index >= 15 is 0 Å².